The van der Waals surface area contributed by atoms with Crippen LogP contribution in [0.4, 0.5) is 0 Å². The molecule has 0 aromatic rings. The smallest absolute Gasteiger partial charge is 0.235 e. The first-order chi connectivity index (χ1) is 7.68. The van der Waals surface area contributed by atoms with Crippen LogP contribution in [0, 0.1) is 5.92 Å². The maximum absolute atomic E-state index is 12.2. The van der Waals surface area contributed by atoms with Gasteiger partial charge < -0.3 is 10.6 Å². The molecule has 0 aromatic carbocycles. The van der Waals surface area contributed by atoms with Crippen LogP contribution < -0.4 is 5.73 Å². The maximum atomic E-state index is 12.2. The summed E-state index contributed by atoms with van der Waals surface area (Å²) in [6, 6.07) is 0. The second kappa shape index (κ2) is 5.36. The van der Waals surface area contributed by atoms with Crippen LogP contribution >= 0.6 is 24.0 Å². The Bertz CT molecular complexity index is 290. The summed E-state index contributed by atoms with van der Waals surface area (Å²) < 4.78 is 0. The van der Waals surface area contributed by atoms with E-state index in [1.165, 1.54) is 6.42 Å². The highest BCUT2D eigenvalue weighted by molar-refractivity contribution is 8.00. The van der Waals surface area contributed by atoms with Gasteiger partial charge in [-0.2, -0.15) is 0 Å². The normalized spacial score (nSPS) is 30.4. The predicted octanol–water partition coefficient (Wildman–Crippen LogP) is 1.41. The summed E-state index contributed by atoms with van der Waals surface area (Å²) in [5.41, 5.74) is 5.67. The summed E-state index contributed by atoms with van der Waals surface area (Å²) in [4.78, 5) is 14.7. The molecular formula is C11H18N2OS2. The molecule has 5 heteroatoms. The quantitative estimate of drug-likeness (QED) is 0.761. The minimum absolute atomic E-state index is 0.199. The number of thiocarbonyl (C=S) groups is 1. The minimum atomic E-state index is 0.199. The standard InChI is InChI=1S/C11H18N2OS2/c12-10(15)8-3-1-5-13(7-8)11(14)9-4-2-6-16-9/h8-9H,1-7H2,(H2,12,15). The molecule has 2 N–H and O–H groups in total. The number of thioether (sulfide) groups is 1. The predicted molar refractivity (Wildman–Crippen MR) is 71.6 cm³/mol. The number of hydrogen-bond donors (Lipinski definition) is 1. The molecule has 0 spiro atoms. The van der Waals surface area contributed by atoms with Crippen LogP contribution in [-0.2, 0) is 4.79 Å². The van der Waals surface area contributed by atoms with Crippen molar-refractivity contribution in [1.29, 1.82) is 0 Å². The molecule has 2 aliphatic rings. The van der Waals surface area contributed by atoms with Gasteiger partial charge in [0.05, 0.1) is 10.2 Å². The van der Waals surface area contributed by atoms with Gasteiger partial charge in [0.25, 0.3) is 0 Å². The van der Waals surface area contributed by atoms with E-state index in [0.29, 0.717) is 10.9 Å². The second-order valence-corrected chi connectivity index (χ2v) is 6.31. The van der Waals surface area contributed by atoms with Crippen molar-refractivity contribution in [3.05, 3.63) is 0 Å². The van der Waals surface area contributed by atoms with Gasteiger partial charge in [0.2, 0.25) is 5.91 Å². The number of carbonyl (C=O) groups excluding carboxylic acids is 1. The summed E-state index contributed by atoms with van der Waals surface area (Å²) in [6.07, 6.45) is 4.29. The van der Waals surface area contributed by atoms with Crippen molar-refractivity contribution in [3.8, 4) is 0 Å². The van der Waals surface area contributed by atoms with Gasteiger partial charge in [-0.1, -0.05) is 12.2 Å². The van der Waals surface area contributed by atoms with Crippen LogP contribution in [0.3, 0.4) is 0 Å². The van der Waals surface area contributed by atoms with E-state index < -0.39 is 0 Å². The van der Waals surface area contributed by atoms with Gasteiger partial charge in [-0.25, -0.2) is 0 Å². The van der Waals surface area contributed by atoms with Crippen LogP contribution in [0.5, 0.6) is 0 Å². The number of nitrogens with zero attached hydrogens (tertiary/aromatic N) is 1. The van der Waals surface area contributed by atoms with Crippen molar-refractivity contribution in [2.45, 2.75) is 30.9 Å². The Hall–Kier alpha value is -0.290. The van der Waals surface area contributed by atoms with E-state index in [-0.39, 0.29) is 11.2 Å². The molecule has 2 rings (SSSR count). The van der Waals surface area contributed by atoms with Crippen molar-refractivity contribution in [1.82, 2.24) is 4.90 Å². The van der Waals surface area contributed by atoms with Crippen molar-refractivity contribution >= 4 is 34.9 Å². The van der Waals surface area contributed by atoms with E-state index in [1.807, 2.05) is 4.90 Å². The number of piperidine rings is 1. The van der Waals surface area contributed by atoms with Gasteiger partial charge in [-0.05, 0) is 31.4 Å². The fourth-order valence-corrected chi connectivity index (χ4v) is 3.82. The number of amides is 1. The molecule has 3 nitrogen and oxygen atoms in total. The molecule has 1 amide bonds. The van der Waals surface area contributed by atoms with Crippen LogP contribution in [0.1, 0.15) is 25.7 Å². The third kappa shape index (κ3) is 2.69. The topological polar surface area (TPSA) is 46.3 Å². The van der Waals surface area contributed by atoms with Crippen molar-refractivity contribution in [3.63, 3.8) is 0 Å². The molecule has 0 bridgehead atoms. The zero-order valence-electron chi connectivity index (χ0n) is 9.35. The molecule has 2 aliphatic heterocycles. The highest BCUT2D eigenvalue weighted by Crippen LogP contribution is 2.29. The molecule has 90 valence electrons. The SMILES string of the molecule is NC(=S)C1CCCN(C(=O)C2CCCS2)C1. The van der Waals surface area contributed by atoms with Crippen LogP contribution in [0.15, 0.2) is 0 Å². The Labute approximate surface area is 106 Å². The number of carbonyl (C=O) groups is 1. The Kier molecular flexibility index (Phi) is 4.08. The summed E-state index contributed by atoms with van der Waals surface area (Å²) in [6.45, 7) is 1.63. The molecule has 2 atom stereocenters. The van der Waals surface area contributed by atoms with E-state index in [9.17, 15) is 4.79 Å². The van der Waals surface area contributed by atoms with Crippen molar-refractivity contribution in [2.75, 3.05) is 18.8 Å². The Morgan fingerprint density at radius 3 is 2.81 bits per heavy atom. The zero-order chi connectivity index (χ0) is 11.5. The molecule has 2 saturated heterocycles. The van der Waals surface area contributed by atoms with E-state index in [1.54, 1.807) is 11.8 Å². The van der Waals surface area contributed by atoms with Gasteiger partial charge in [0.15, 0.2) is 0 Å². The molecule has 0 saturated carbocycles. The molecule has 16 heavy (non-hydrogen) atoms. The molecule has 0 aromatic heterocycles. The minimum Gasteiger partial charge on any atom is -0.393 e. The number of nitrogens with two attached hydrogens (primary N) is 1. The first kappa shape index (κ1) is 12.2. The Balaban J connectivity index is 1.93. The van der Waals surface area contributed by atoms with E-state index in [4.69, 9.17) is 18.0 Å². The lowest BCUT2D eigenvalue weighted by atomic mass is 9.97. The van der Waals surface area contributed by atoms with E-state index in [2.05, 4.69) is 0 Å². The van der Waals surface area contributed by atoms with Crippen molar-refractivity contribution < 1.29 is 4.79 Å². The third-order valence-corrected chi connectivity index (χ3v) is 5.04. The summed E-state index contributed by atoms with van der Waals surface area (Å²) >= 11 is 6.82. The highest BCUT2D eigenvalue weighted by Gasteiger charge is 2.31. The lowest BCUT2D eigenvalue weighted by Gasteiger charge is -2.33. The lowest BCUT2D eigenvalue weighted by molar-refractivity contribution is -0.131. The lowest BCUT2D eigenvalue weighted by Crippen LogP contribution is -2.46. The molecule has 2 fully saturated rings. The average molecular weight is 258 g/mol. The molecular weight excluding hydrogens is 240 g/mol. The number of hydrogen-bond acceptors (Lipinski definition) is 3. The first-order valence-corrected chi connectivity index (χ1v) is 7.34. The van der Waals surface area contributed by atoms with Crippen LogP contribution in [0.25, 0.3) is 0 Å². The average Bonchev–Trinajstić information content (AvgIpc) is 2.81. The Morgan fingerprint density at radius 1 is 1.38 bits per heavy atom. The van der Waals surface area contributed by atoms with Gasteiger partial charge in [0.1, 0.15) is 0 Å². The molecule has 2 heterocycles. The monoisotopic (exact) mass is 258 g/mol. The summed E-state index contributed by atoms with van der Waals surface area (Å²) in [5.74, 6) is 1.67. The first-order valence-electron chi connectivity index (χ1n) is 5.88. The fraction of sp³-hybridized carbons (Fsp3) is 0.818. The summed E-state index contributed by atoms with van der Waals surface area (Å²) in [7, 11) is 0. The molecule has 0 radical (unpaired) electrons. The van der Waals surface area contributed by atoms with Crippen LogP contribution in [0.2, 0.25) is 0 Å². The summed E-state index contributed by atoms with van der Waals surface area (Å²) in [5, 5.41) is 0.199. The van der Waals surface area contributed by atoms with E-state index >= 15 is 0 Å². The maximum Gasteiger partial charge on any atom is 0.235 e. The van der Waals surface area contributed by atoms with Gasteiger partial charge in [-0.3, -0.25) is 4.79 Å². The molecule has 0 aliphatic carbocycles. The molecule has 2 unspecified atom stereocenters. The number of likely N-dealkylation sites (tertiary alicyclic amines) is 1. The van der Waals surface area contributed by atoms with Gasteiger partial charge in [-0.15, -0.1) is 11.8 Å². The Morgan fingerprint density at radius 2 is 2.19 bits per heavy atom. The highest BCUT2D eigenvalue weighted by atomic mass is 32.2. The van der Waals surface area contributed by atoms with Gasteiger partial charge >= 0.3 is 0 Å². The largest absolute Gasteiger partial charge is 0.393 e. The van der Waals surface area contributed by atoms with E-state index in [0.717, 1.165) is 38.1 Å². The van der Waals surface area contributed by atoms with Crippen LogP contribution in [-0.4, -0.2) is 39.9 Å². The van der Waals surface area contributed by atoms with Crippen molar-refractivity contribution in [2.24, 2.45) is 11.7 Å². The fourth-order valence-electron chi connectivity index (χ4n) is 2.39. The third-order valence-electron chi connectivity index (χ3n) is 3.34. The number of rotatable bonds is 2. The second-order valence-electron chi connectivity index (χ2n) is 4.53. The van der Waals surface area contributed by atoms with Gasteiger partial charge in [0, 0.05) is 19.0 Å². The zero-order valence-corrected chi connectivity index (χ0v) is 11.0.